The van der Waals surface area contributed by atoms with E-state index < -0.39 is 20.2 Å². The predicted octanol–water partition coefficient (Wildman–Crippen LogP) is 10.7. The van der Waals surface area contributed by atoms with Gasteiger partial charge in [-0.1, -0.05) is 98.2 Å². The molecule has 0 N–H and O–H groups in total. The van der Waals surface area contributed by atoms with E-state index in [9.17, 15) is 16.8 Å². The summed E-state index contributed by atoms with van der Waals surface area (Å²) in [5, 5.41) is 0. The van der Waals surface area contributed by atoms with Crippen molar-refractivity contribution in [2.45, 2.75) is 126 Å². The lowest BCUT2D eigenvalue weighted by molar-refractivity contribution is 0.305. The van der Waals surface area contributed by atoms with Gasteiger partial charge in [-0.15, -0.1) is 0 Å². The molecule has 0 aliphatic heterocycles. The molecule has 0 heterocycles. The highest BCUT2D eigenvalue weighted by Crippen LogP contribution is 2.26. The maximum atomic E-state index is 12.4. The van der Waals surface area contributed by atoms with Crippen LogP contribution in [0.3, 0.4) is 0 Å². The lowest BCUT2D eigenvalue weighted by Gasteiger charge is -2.12. The summed E-state index contributed by atoms with van der Waals surface area (Å²) in [5.41, 5.74) is 7.16. The Kier molecular flexibility index (Phi) is 18.9. The summed E-state index contributed by atoms with van der Waals surface area (Å²) in [5.74, 6) is 1.89. The second kappa shape index (κ2) is 23.5. The Labute approximate surface area is 337 Å². The minimum absolute atomic E-state index is 0.204. The summed E-state index contributed by atoms with van der Waals surface area (Å²) in [6.07, 6.45) is 15.8. The number of rotatable bonds is 27. The van der Waals surface area contributed by atoms with Gasteiger partial charge in [-0.05, 0) is 137 Å². The maximum Gasteiger partial charge on any atom is 0.296 e. The fourth-order valence-corrected chi connectivity index (χ4v) is 8.69. The van der Waals surface area contributed by atoms with E-state index in [1.807, 2.05) is 13.8 Å². The molecular weight excluding hydrogens is 745 g/mol. The second-order valence-electron chi connectivity index (χ2n) is 14.7. The molecule has 0 saturated heterocycles. The highest BCUT2D eigenvalue weighted by Gasteiger charge is 2.15. The van der Waals surface area contributed by atoms with Crippen molar-refractivity contribution in [1.29, 1.82) is 0 Å². The molecule has 0 bridgehead atoms. The van der Waals surface area contributed by atoms with Crippen LogP contribution in [0.5, 0.6) is 11.5 Å². The smallest absolute Gasteiger partial charge is 0.296 e. The Bertz CT molecular complexity index is 1830. The van der Waals surface area contributed by atoms with Crippen LogP contribution in [0, 0.1) is 13.8 Å². The second-order valence-corrected chi connectivity index (χ2v) is 17.9. The van der Waals surface area contributed by atoms with Gasteiger partial charge in [0.15, 0.2) is 0 Å². The van der Waals surface area contributed by atoms with Crippen LogP contribution in [0.4, 0.5) is 0 Å². The Balaban J connectivity index is 1.09. The van der Waals surface area contributed by atoms with E-state index in [-0.39, 0.29) is 23.0 Å². The van der Waals surface area contributed by atoms with Crippen LogP contribution in [-0.2, 0) is 54.3 Å². The Morgan fingerprint density at radius 2 is 0.750 bits per heavy atom. The minimum Gasteiger partial charge on any atom is -0.496 e. The third-order valence-corrected chi connectivity index (χ3v) is 12.8. The van der Waals surface area contributed by atoms with Crippen LogP contribution < -0.4 is 9.47 Å². The van der Waals surface area contributed by atoms with Crippen molar-refractivity contribution in [2.75, 3.05) is 27.4 Å². The molecule has 0 atom stereocenters. The van der Waals surface area contributed by atoms with Crippen molar-refractivity contribution < 1.29 is 34.7 Å². The number of hydrogen-bond acceptors (Lipinski definition) is 8. The van der Waals surface area contributed by atoms with E-state index in [2.05, 4.69) is 36.4 Å². The maximum absolute atomic E-state index is 12.4. The van der Waals surface area contributed by atoms with Gasteiger partial charge in [0.05, 0.1) is 37.2 Å². The average molecular weight is 807 g/mol. The Morgan fingerprint density at radius 1 is 0.411 bits per heavy atom. The molecule has 0 fully saturated rings. The summed E-state index contributed by atoms with van der Waals surface area (Å²) in [6, 6.07) is 26.5. The lowest BCUT2D eigenvalue weighted by Crippen LogP contribution is -2.07. The summed E-state index contributed by atoms with van der Waals surface area (Å²) in [4.78, 5) is 0.413. The van der Waals surface area contributed by atoms with Crippen LogP contribution >= 0.6 is 0 Å². The SMILES string of the molecule is COc1ccc(CCCCCCOS(=O)(=O)c2ccc(C)cc2)cc1CCCCCCc1cc(CCCCCCOS(=O)(=O)c2ccc(C)cc2)ccc1OC. The van der Waals surface area contributed by atoms with Gasteiger partial charge in [0.2, 0.25) is 0 Å². The highest BCUT2D eigenvalue weighted by atomic mass is 32.2. The molecule has 0 aliphatic carbocycles. The summed E-state index contributed by atoms with van der Waals surface area (Å²) < 4.78 is 71.4. The largest absolute Gasteiger partial charge is 0.496 e. The number of hydrogen-bond donors (Lipinski definition) is 0. The molecule has 0 saturated carbocycles. The van der Waals surface area contributed by atoms with Crippen LogP contribution in [0.25, 0.3) is 0 Å². The fraction of sp³-hybridized carbons (Fsp3) is 0.478. The molecule has 0 unspecified atom stereocenters. The molecule has 4 rings (SSSR count). The molecule has 0 aromatic heterocycles. The first kappa shape index (κ1) is 45.0. The van der Waals surface area contributed by atoms with Gasteiger partial charge >= 0.3 is 0 Å². The third kappa shape index (κ3) is 15.3. The van der Waals surface area contributed by atoms with Crippen LogP contribution in [0.2, 0.25) is 0 Å². The number of methoxy groups -OCH3 is 2. The first-order valence-electron chi connectivity index (χ1n) is 20.2. The van der Waals surface area contributed by atoms with Crippen molar-refractivity contribution in [3.63, 3.8) is 0 Å². The van der Waals surface area contributed by atoms with E-state index in [4.69, 9.17) is 17.8 Å². The van der Waals surface area contributed by atoms with Crippen LogP contribution in [-0.4, -0.2) is 44.3 Å². The molecule has 4 aromatic carbocycles. The molecule has 10 heteroatoms. The molecule has 306 valence electrons. The van der Waals surface area contributed by atoms with E-state index in [1.54, 1.807) is 62.8 Å². The number of ether oxygens (including phenoxy) is 2. The molecule has 0 amide bonds. The molecule has 0 spiro atoms. The number of unbranched alkanes of at least 4 members (excludes halogenated alkanes) is 9. The molecular formula is C46H62O8S2. The standard InChI is InChI=1S/C46H62O8S2/c1-37-21-27-43(28-22-37)55(47,48)53-33-15-9-7-11-17-39-25-31-45(51-3)41(35-39)19-13-5-6-14-20-42-36-40(26-32-46(42)52-4)18-12-8-10-16-34-54-56(49,50)44-29-23-38(2)24-30-44/h21-32,35-36H,5-20,33-34H2,1-4H3. The molecule has 8 nitrogen and oxygen atoms in total. The van der Waals surface area contributed by atoms with E-state index in [0.717, 1.165) is 113 Å². The van der Waals surface area contributed by atoms with Crippen LogP contribution in [0.15, 0.2) is 94.7 Å². The minimum atomic E-state index is -3.70. The average Bonchev–Trinajstić information content (AvgIpc) is 3.19. The van der Waals surface area contributed by atoms with Crippen molar-refractivity contribution in [2.24, 2.45) is 0 Å². The molecule has 56 heavy (non-hydrogen) atoms. The molecule has 4 aromatic rings. The van der Waals surface area contributed by atoms with Crippen molar-refractivity contribution >= 4 is 20.2 Å². The summed E-state index contributed by atoms with van der Waals surface area (Å²) in [7, 11) is -3.93. The molecule has 0 aliphatic rings. The van der Waals surface area contributed by atoms with Gasteiger partial charge in [0, 0.05) is 0 Å². The van der Waals surface area contributed by atoms with Gasteiger partial charge in [-0.25, -0.2) is 0 Å². The Morgan fingerprint density at radius 3 is 1.11 bits per heavy atom. The van der Waals surface area contributed by atoms with E-state index in [0.29, 0.717) is 12.8 Å². The zero-order valence-electron chi connectivity index (χ0n) is 33.9. The van der Waals surface area contributed by atoms with Gasteiger partial charge < -0.3 is 9.47 Å². The molecule has 0 radical (unpaired) electrons. The Hall–Kier alpha value is -3.70. The predicted molar refractivity (Wildman–Crippen MR) is 225 cm³/mol. The van der Waals surface area contributed by atoms with Crippen molar-refractivity contribution in [3.8, 4) is 11.5 Å². The zero-order chi connectivity index (χ0) is 40.2. The van der Waals surface area contributed by atoms with E-state index >= 15 is 0 Å². The topological polar surface area (TPSA) is 105 Å². The summed E-state index contributed by atoms with van der Waals surface area (Å²) >= 11 is 0. The number of aryl methyl sites for hydroxylation is 6. The highest BCUT2D eigenvalue weighted by molar-refractivity contribution is 7.87. The van der Waals surface area contributed by atoms with Gasteiger partial charge in [0.1, 0.15) is 11.5 Å². The lowest BCUT2D eigenvalue weighted by atomic mass is 9.98. The van der Waals surface area contributed by atoms with Crippen molar-refractivity contribution in [3.05, 3.63) is 118 Å². The van der Waals surface area contributed by atoms with E-state index in [1.165, 1.54) is 22.3 Å². The van der Waals surface area contributed by atoms with Gasteiger partial charge in [-0.2, -0.15) is 16.8 Å². The quantitative estimate of drug-likeness (QED) is 0.0433. The fourth-order valence-electron chi connectivity index (χ4n) is 6.80. The zero-order valence-corrected chi connectivity index (χ0v) is 35.5. The van der Waals surface area contributed by atoms with Crippen molar-refractivity contribution in [1.82, 2.24) is 0 Å². The van der Waals surface area contributed by atoms with Crippen LogP contribution in [0.1, 0.15) is 110 Å². The van der Waals surface area contributed by atoms with Gasteiger partial charge in [-0.3, -0.25) is 8.37 Å². The third-order valence-electron chi connectivity index (χ3n) is 10.1. The first-order chi connectivity index (χ1) is 27.0. The number of benzene rings is 4. The monoisotopic (exact) mass is 806 g/mol. The summed E-state index contributed by atoms with van der Waals surface area (Å²) in [6.45, 7) is 4.26. The van der Waals surface area contributed by atoms with Gasteiger partial charge in [0.25, 0.3) is 20.2 Å². The first-order valence-corrected chi connectivity index (χ1v) is 23.1. The normalized spacial score (nSPS) is 11.9.